The standard InChI is InChI=1S/C15H14BO/c1-4-6-7-14-12(5-2)13-10-11(16-3)8-9-15(13)17-14/h4-10H,1-2H2,3H3/b7-6-. The van der Waals surface area contributed by atoms with Gasteiger partial charge in [0, 0.05) is 10.9 Å². The Morgan fingerprint density at radius 2 is 2.12 bits per heavy atom. The molecule has 0 bridgehead atoms. The number of fused-ring (bicyclic) bond motifs is 1. The molecular weight excluding hydrogens is 207 g/mol. The highest BCUT2D eigenvalue weighted by Crippen LogP contribution is 2.27. The lowest BCUT2D eigenvalue weighted by atomic mass is 9.73. The summed E-state index contributed by atoms with van der Waals surface area (Å²) in [4.78, 5) is 0. The van der Waals surface area contributed by atoms with Crippen LogP contribution in [0.2, 0.25) is 6.82 Å². The molecule has 0 aliphatic carbocycles. The number of hydrogen-bond donors (Lipinski definition) is 0. The highest BCUT2D eigenvalue weighted by Gasteiger charge is 2.09. The van der Waals surface area contributed by atoms with Gasteiger partial charge in [-0.3, -0.25) is 0 Å². The van der Waals surface area contributed by atoms with E-state index in [0.29, 0.717) is 0 Å². The molecule has 0 saturated carbocycles. The zero-order valence-corrected chi connectivity index (χ0v) is 9.94. The first-order valence-electron chi connectivity index (χ1n) is 5.57. The highest BCUT2D eigenvalue weighted by atomic mass is 16.3. The Balaban J connectivity index is 2.66. The third-order valence-electron chi connectivity index (χ3n) is 2.70. The molecule has 0 spiro atoms. The van der Waals surface area contributed by atoms with Gasteiger partial charge in [-0.2, -0.15) is 0 Å². The van der Waals surface area contributed by atoms with Gasteiger partial charge in [-0.1, -0.05) is 55.8 Å². The number of allylic oxidation sites excluding steroid dienone is 2. The second-order valence-corrected chi connectivity index (χ2v) is 3.72. The summed E-state index contributed by atoms with van der Waals surface area (Å²) in [5, 5.41) is 1.10. The van der Waals surface area contributed by atoms with Crippen molar-refractivity contribution in [1.82, 2.24) is 0 Å². The van der Waals surface area contributed by atoms with Gasteiger partial charge in [-0.15, -0.1) is 0 Å². The Morgan fingerprint density at radius 1 is 1.29 bits per heavy atom. The van der Waals surface area contributed by atoms with Crippen LogP contribution in [-0.2, 0) is 0 Å². The summed E-state index contributed by atoms with van der Waals surface area (Å²) in [7, 11) is 2.07. The van der Waals surface area contributed by atoms with Crippen molar-refractivity contribution in [1.29, 1.82) is 0 Å². The van der Waals surface area contributed by atoms with Crippen molar-refractivity contribution in [2.24, 2.45) is 0 Å². The molecule has 0 saturated heterocycles. The van der Waals surface area contributed by atoms with Crippen LogP contribution in [-0.4, -0.2) is 7.28 Å². The topological polar surface area (TPSA) is 13.1 Å². The fraction of sp³-hybridized carbons (Fsp3) is 0.0667. The first-order chi connectivity index (χ1) is 8.30. The van der Waals surface area contributed by atoms with E-state index < -0.39 is 0 Å². The summed E-state index contributed by atoms with van der Waals surface area (Å²) in [5.74, 6) is 0.822. The molecule has 2 rings (SSSR count). The number of hydrogen-bond acceptors (Lipinski definition) is 1. The second-order valence-electron chi connectivity index (χ2n) is 3.72. The molecule has 0 fully saturated rings. The van der Waals surface area contributed by atoms with Gasteiger partial charge >= 0.3 is 0 Å². The molecule has 2 heteroatoms. The minimum atomic E-state index is 0.822. The van der Waals surface area contributed by atoms with E-state index in [2.05, 4.69) is 26.5 Å². The van der Waals surface area contributed by atoms with E-state index in [1.165, 1.54) is 5.46 Å². The van der Waals surface area contributed by atoms with Crippen LogP contribution in [0.5, 0.6) is 0 Å². The van der Waals surface area contributed by atoms with E-state index in [-0.39, 0.29) is 0 Å². The van der Waals surface area contributed by atoms with Crippen LogP contribution in [0, 0.1) is 0 Å². The highest BCUT2D eigenvalue weighted by molar-refractivity contribution is 6.52. The molecule has 1 radical (unpaired) electrons. The predicted molar refractivity (Wildman–Crippen MR) is 76.8 cm³/mol. The molecule has 0 N–H and O–H groups in total. The molecule has 1 nitrogen and oxygen atoms in total. The van der Waals surface area contributed by atoms with Gasteiger partial charge in [0.05, 0.1) is 0 Å². The maximum absolute atomic E-state index is 5.77. The molecule has 1 heterocycles. The lowest BCUT2D eigenvalue weighted by Gasteiger charge is -1.95. The first kappa shape index (κ1) is 11.5. The van der Waals surface area contributed by atoms with Gasteiger partial charge < -0.3 is 4.42 Å². The minimum absolute atomic E-state index is 0.822. The number of furan rings is 1. The number of benzene rings is 1. The van der Waals surface area contributed by atoms with E-state index in [9.17, 15) is 0 Å². The molecule has 83 valence electrons. The summed E-state index contributed by atoms with van der Waals surface area (Å²) in [5.41, 5.74) is 3.09. The van der Waals surface area contributed by atoms with Crippen LogP contribution < -0.4 is 5.46 Å². The maximum atomic E-state index is 5.77. The molecule has 2 aromatic rings. The minimum Gasteiger partial charge on any atom is -0.456 e. The fourth-order valence-corrected chi connectivity index (χ4v) is 1.82. The zero-order chi connectivity index (χ0) is 12.3. The molecule has 0 aliphatic rings. The largest absolute Gasteiger partial charge is 0.456 e. The summed E-state index contributed by atoms with van der Waals surface area (Å²) < 4.78 is 5.77. The van der Waals surface area contributed by atoms with E-state index >= 15 is 0 Å². The SMILES string of the molecule is C=C/C=C\c1oc2ccc([B]C)cc2c1C=C. The van der Waals surface area contributed by atoms with Gasteiger partial charge in [0.2, 0.25) is 0 Å². The maximum Gasteiger partial charge on any atom is 0.148 e. The smallest absolute Gasteiger partial charge is 0.148 e. The molecule has 1 aromatic heterocycles. The summed E-state index contributed by atoms with van der Waals surface area (Å²) in [6.07, 6.45) is 7.32. The molecule has 1 aromatic carbocycles. The van der Waals surface area contributed by atoms with Crippen molar-refractivity contribution in [3.05, 3.63) is 54.8 Å². The normalized spacial score (nSPS) is 10.9. The average Bonchev–Trinajstić information content (AvgIpc) is 2.72. The fourth-order valence-electron chi connectivity index (χ4n) is 1.82. The number of rotatable bonds is 4. The van der Waals surface area contributed by atoms with Crippen molar-refractivity contribution in [2.75, 3.05) is 0 Å². The molecule has 17 heavy (non-hydrogen) atoms. The van der Waals surface area contributed by atoms with Crippen molar-refractivity contribution < 1.29 is 4.42 Å². The zero-order valence-electron chi connectivity index (χ0n) is 9.94. The van der Waals surface area contributed by atoms with Crippen molar-refractivity contribution in [2.45, 2.75) is 6.82 Å². The van der Waals surface area contributed by atoms with Crippen molar-refractivity contribution >= 4 is 35.9 Å². The van der Waals surface area contributed by atoms with Gasteiger partial charge in [-0.25, -0.2) is 0 Å². The van der Waals surface area contributed by atoms with Gasteiger partial charge in [-0.05, 0) is 12.1 Å². The van der Waals surface area contributed by atoms with Crippen molar-refractivity contribution in [3.63, 3.8) is 0 Å². The third-order valence-corrected chi connectivity index (χ3v) is 2.70. The Kier molecular flexibility index (Phi) is 3.33. The molecule has 0 amide bonds. The molecule has 0 aliphatic heterocycles. The summed E-state index contributed by atoms with van der Waals surface area (Å²) >= 11 is 0. The van der Waals surface area contributed by atoms with Crippen LogP contribution in [0.4, 0.5) is 0 Å². The van der Waals surface area contributed by atoms with Crippen molar-refractivity contribution in [3.8, 4) is 0 Å². The van der Waals surface area contributed by atoms with E-state index in [0.717, 1.165) is 22.3 Å². The third kappa shape index (κ3) is 2.11. The Labute approximate surface area is 102 Å². The predicted octanol–water partition coefficient (Wildman–Crippen LogP) is 3.65. The lowest BCUT2D eigenvalue weighted by molar-refractivity contribution is 0.603. The van der Waals surface area contributed by atoms with Crippen LogP contribution in [0.25, 0.3) is 23.1 Å². The first-order valence-corrected chi connectivity index (χ1v) is 5.57. The Hall–Kier alpha value is -1.96. The van der Waals surface area contributed by atoms with Gasteiger partial charge in [0.1, 0.15) is 18.6 Å². The van der Waals surface area contributed by atoms with Crippen LogP contribution in [0.1, 0.15) is 11.3 Å². The molecule has 0 atom stereocenters. The summed E-state index contributed by atoms with van der Waals surface area (Å²) in [6, 6.07) is 6.14. The molecular formula is C15H14BO. The monoisotopic (exact) mass is 221 g/mol. The second kappa shape index (κ2) is 4.92. The van der Waals surface area contributed by atoms with E-state index in [4.69, 9.17) is 4.42 Å². The van der Waals surface area contributed by atoms with Crippen LogP contribution >= 0.6 is 0 Å². The van der Waals surface area contributed by atoms with Gasteiger partial charge in [0.15, 0.2) is 0 Å². The lowest BCUT2D eigenvalue weighted by Crippen LogP contribution is -2.08. The summed E-state index contributed by atoms with van der Waals surface area (Å²) in [6.45, 7) is 9.52. The molecule has 0 unspecified atom stereocenters. The van der Waals surface area contributed by atoms with E-state index in [1.807, 2.05) is 37.2 Å². The van der Waals surface area contributed by atoms with Crippen LogP contribution in [0.3, 0.4) is 0 Å². The van der Waals surface area contributed by atoms with E-state index in [1.54, 1.807) is 6.08 Å². The Bertz CT molecular complexity index is 590. The Morgan fingerprint density at radius 3 is 2.76 bits per heavy atom. The average molecular weight is 221 g/mol. The van der Waals surface area contributed by atoms with Gasteiger partial charge in [0.25, 0.3) is 0 Å². The quantitative estimate of drug-likeness (QED) is 0.567. The van der Waals surface area contributed by atoms with Crippen LogP contribution in [0.15, 0.2) is 47.9 Å².